The number of anilines is 1. The van der Waals surface area contributed by atoms with E-state index in [4.69, 9.17) is 33.8 Å². The molecule has 2 aromatic rings. The molecular formula is C13H13Cl2N3O. The molecule has 0 unspecified atom stereocenters. The summed E-state index contributed by atoms with van der Waals surface area (Å²) in [4.78, 5) is 4.23. The maximum atomic E-state index is 6.05. The Bertz CT molecular complexity index is 590. The molecule has 19 heavy (non-hydrogen) atoms. The molecule has 0 fully saturated rings. The number of hydrogen-bond acceptors (Lipinski definition) is 4. The molecule has 0 radical (unpaired) electrons. The van der Waals surface area contributed by atoms with Crippen molar-refractivity contribution < 1.29 is 4.74 Å². The summed E-state index contributed by atoms with van der Waals surface area (Å²) >= 11 is 12.0. The summed E-state index contributed by atoms with van der Waals surface area (Å²) in [5.41, 5.74) is 4.07. The zero-order valence-electron chi connectivity index (χ0n) is 10.3. The molecule has 1 heterocycles. The zero-order chi connectivity index (χ0) is 13.8. The smallest absolute Gasteiger partial charge is 0.140 e. The van der Waals surface area contributed by atoms with Gasteiger partial charge in [-0.2, -0.15) is 0 Å². The van der Waals surface area contributed by atoms with Crippen LogP contribution in [0.4, 0.5) is 5.82 Å². The number of rotatable bonds is 4. The molecule has 0 aliphatic rings. The molecule has 0 aliphatic carbocycles. The predicted octanol–water partition coefficient (Wildman–Crippen LogP) is 3.56. The molecule has 0 atom stereocenters. The minimum absolute atomic E-state index is 0.246. The fourth-order valence-corrected chi connectivity index (χ4v) is 1.86. The number of halogens is 2. The monoisotopic (exact) mass is 297 g/mol. The van der Waals surface area contributed by atoms with Crippen LogP contribution >= 0.6 is 23.2 Å². The molecule has 3 N–H and O–H groups in total. The van der Waals surface area contributed by atoms with E-state index in [0.29, 0.717) is 27.3 Å². The van der Waals surface area contributed by atoms with Gasteiger partial charge in [0.2, 0.25) is 0 Å². The first-order valence-electron chi connectivity index (χ1n) is 5.61. The van der Waals surface area contributed by atoms with Crippen molar-refractivity contribution in [3.63, 3.8) is 0 Å². The van der Waals surface area contributed by atoms with E-state index in [1.165, 1.54) is 0 Å². The highest BCUT2D eigenvalue weighted by Gasteiger charge is 2.06. The number of nitrogens with one attached hydrogen (secondary N) is 1. The second-order valence-electron chi connectivity index (χ2n) is 3.97. The van der Waals surface area contributed by atoms with Crippen molar-refractivity contribution in [2.75, 3.05) is 5.43 Å². The summed E-state index contributed by atoms with van der Waals surface area (Å²) in [5, 5.41) is 1.15. The van der Waals surface area contributed by atoms with Crippen LogP contribution in [-0.4, -0.2) is 4.98 Å². The zero-order valence-corrected chi connectivity index (χ0v) is 11.8. The minimum Gasteiger partial charge on any atom is -0.487 e. The largest absolute Gasteiger partial charge is 0.487 e. The standard InChI is InChI=1S/C13H13Cl2N3O/c1-8-2-3-9(14)6-12(8)19-7-11-10(15)4-5-13(17-11)18-16/h2-6H,7,16H2,1H3,(H,17,18). The van der Waals surface area contributed by atoms with Gasteiger partial charge >= 0.3 is 0 Å². The first-order chi connectivity index (χ1) is 9.10. The van der Waals surface area contributed by atoms with Gasteiger partial charge in [0.15, 0.2) is 0 Å². The van der Waals surface area contributed by atoms with Crippen LogP contribution in [0.1, 0.15) is 11.3 Å². The molecule has 0 bridgehead atoms. The number of aryl methyl sites for hydroxylation is 1. The Labute approximate surface area is 121 Å². The van der Waals surface area contributed by atoms with E-state index >= 15 is 0 Å². The Hall–Kier alpha value is -1.49. The molecule has 0 aliphatic heterocycles. The summed E-state index contributed by atoms with van der Waals surface area (Å²) in [5.74, 6) is 6.54. The van der Waals surface area contributed by atoms with E-state index in [2.05, 4.69) is 10.4 Å². The van der Waals surface area contributed by atoms with Gasteiger partial charge in [-0.15, -0.1) is 0 Å². The van der Waals surface area contributed by atoms with Gasteiger partial charge in [0.05, 0.1) is 10.7 Å². The van der Waals surface area contributed by atoms with Gasteiger partial charge < -0.3 is 10.2 Å². The van der Waals surface area contributed by atoms with Crippen molar-refractivity contribution in [1.29, 1.82) is 0 Å². The van der Waals surface area contributed by atoms with Gasteiger partial charge in [-0.05, 0) is 36.8 Å². The van der Waals surface area contributed by atoms with Crippen molar-refractivity contribution >= 4 is 29.0 Å². The lowest BCUT2D eigenvalue weighted by Crippen LogP contribution is -2.10. The van der Waals surface area contributed by atoms with Gasteiger partial charge in [0.1, 0.15) is 18.2 Å². The second kappa shape index (κ2) is 6.10. The molecule has 1 aromatic heterocycles. The third kappa shape index (κ3) is 3.50. The Morgan fingerprint density at radius 1 is 1.26 bits per heavy atom. The van der Waals surface area contributed by atoms with E-state index in [9.17, 15) is 0 Å². The number of nitrogens with zero attached hydrogens (tertiary/aromatic N) is 1. The maximum Gasteiger partial charge on any atom is 0.140 e. The van der Waals surface area contributed by atoms with Gasteiger partial charge in [-0.1, -0.05) is 29.3 Å². The lowest BCUT2D eigenvalue weighted by molar-refractivity contribution is 0.299. The first-order valence-corrected chi connectivity index (χ1v) is 6.36. The summed E-state index contributed by atoms with van der Waals surface area (Å²) in [6.07, 6.45) is 0. The molecule has 0 saturated carbocycles. The average Bonchev–Trinajstić information content (AvgIpc) is 2.41. The highest BCUT2D eigenvalue weighted by Crippen LogP contribution is 2.24. The van der Waals surface area contributed by atoms with Crippen LogP contribution in [0, 0.1) is 6.92 Å². The van der Waals surface area contributed by atoms with Crippen LogP contribution in [0.2, 0.25) is 10.0 Å². The van der Waals surface area contributed by atoms with Crippen LogP contribution in [0.5, 0.6) is 5.75 Å². The SMILES string of the molecule is Cc1ccc(Cl)cc1OCc1nc(NN)ccc1Cl. The number of aromatic nitrogens is 1. The van der Waals surface area contributed by atoms with Crippen LogP contribution in [-0.2, 0) is 6.61 Å². The average molecular weight is 298 g/mol. The van der Waals surface area contributed by atoms with Crippen LogP contribution in [0.15, 0.2) is 30.3 Å². The molecule has 6 heteroatoms. The van der Waals surface area contributed by atoms with Gasteiger partial charge in [-0.25, -0.2) is 10.8 Å². The van der Waals surface area contributed by atoms with E-state index in [1.54, 1.807) is 18.2 Å². The quantitative estimate of drug-likeness (QED) is 0.669. The van der Waals surface area contributed by atoms with E-state index in [1.807, 2.05) is 19.1 Å². The number of hydrogen-bond donors (Lipinski definition) is 2. The molecule has 0 spiro atoms. The molecule has 4 nitrogen and oxygen atoms in total. The van der Waals surface area contributed by atoms with Crippen LogP contribution < -0.4 is 16.0 Å². The Morgan fingerprint density at radius 3 is 2.79 bits per heavy atom. The van der Waals surface area contributed by atoms with Crippen LogP contribution in [0.3, 0.4) is 0 Å². The van der Waals surface area contributed by atoms with E-state index < -0.39 is 0 Å². The number of nitrogen functional groups attached to an aromatic ring is 1. The number of benzene rings is 1. The van der Waals surface area contributed by atoms with Crippen molar-refractivity contribution in [1.82, 2.24) is 4.98 Å². The Morgan fingerprint density at radius 2 is 2.05 bits per heavy atom. The Balaban J connectivity index is 2.16. The fourth-order valence-electron chi connectivity index (χ4n) is 1.54. The summed E-state index contributed by atoms with van der Waals surface area (Å²) in [7, 11) is 0. The third-order valence-electron chi connectivity index (χ3n) is 2.58. The second-order valence-corrected chi connectivity index (χ2v) is 4.81. The molecule has 0 amide bonds. The van der Waals surface area contributed by atoms with Crippen molar-refractivity contribution in [2.45, 2.75) is 13.5 Å². The predicted molar refractivity (Wildman–Crippen MR) is 77.6 cm³/mol. The fraction of sp³-hybridized carbons (Fsp3) is 0.154. The highest BCUT2D eigenvalue weighted by molar-refractivity contribution is 6.31. The molecule has 1 aromatic carbocycles. The van der Waals surface area contributed by atoms with Crippen molar-refractivity contribution in [3.05, 3.63) is 51.6 Å². The van der Waals surface area contributed by atoms with E-state index in [0.717, 1.165) is 5.56 Å². The van der Waals surface area contributed by atoms with Gasteiger partial charge in [0, 0.05) is 5.02 Å². The van der Waals surface area contributed by atoms with E-state index in [-0.39, 0.29) is 6.61 Å². The summed E-state index contributed by atoms with van der Waals surface area (Å²) in [6.45, 7) is 2.19. The number of ether oxygens (including phenoxy) is 1. The highest BCUT2D eigenvalue weighted by atomic mass is 35.5. The number of hydrazine groups is 1. The molecule has 2 rings (SSSR count). The van der Waals surface area contributed by atoms with Crippen molar-refractivity contribution in [3.8, 4) is 5.75 Å². The van der Waals surface area contributed by atoms with Crippen LogP contribution in [0.25, 0.3) is 0 Å². The summed E-state index contributed by atoms with van der Waals surface area (Å²) < 4.78 is 5.68. The lowest BCUT2D eigenvalue weighted by atomic mass is 10.2. The normalized spacial score (nSPS) is 10.3. The number of pyridine rings is 1. The maximum absolute atomic E-state index is 6.05. The molecular weight excluding hydrogens is 285 g/mol. The third-order valence-corrected chi connectivity index (χ3v) is 3.16. The first kappa shape index (κ1) is 13.9. The topological polar surface area (TPSA) is 60.2 Å². The Kier molecular flexibility index (Phi) is 4.47. The lowest BCUT2D eigenvalue weighted by Gasteiger charge is -2.11. The van der Waals surface area contributed by atoms with Gasteiger partial charge in [0.25, 0.3) is 0 Å². The van der Waals surface area contributed by atoms with Crippen molar-refractivity contribution in [2.24, 2.45) is 5.84 Å². The molecule has 100 valence electrons. The number of nitrogens with two attached hydrogens (primary N) is 1. The minimum atomic E-state index is 0.246. The summed E-state index contributed by atoms with van der Waals surface area (Å²) in [6, 6.07) is 8.87. The molecule has 0 saturated heterocycles. The van der Waals surface area contributed by atoms with Gasteiger partial charge in [-0.3, -0.25) is 0 Å².